The largest absolute Gasteiger partial charge is 0.382 e. The molecule has 0 amide bonds. The Bertz CT molecular complexity index is 240. The van der Waals surface area contributed by atoms with Gasteiger partial charge in [0, 0.05) is 19.6 Å². The molecule has 0 saturated carbocycles. The van der Waals surface area contributed by atoms with Gasteiger partial charge in [0.25, 0.3) is 0 Å². The van der Waals surface area contributed by atoms with Crippen LogP contribution in [-0.4, -0.2) is 43.7 Å². The van der Waals surface area contributed by atoms with Crippen molar-refractivity contribution in [3.63, 3.8) is 0 Å². The smallest absolute Gasteiger partial charge is 0.0707 e. The normalized spacial score (nSPS) is 16.4. The van der Waals surface area contributed by atoms with Crippen LogP contribution in [-0.2, 0) is 14.2 Å². The van der Waals surface area contributed by atoms with Crippen LogP contribution >= 0.6 is 0 Å². The molecule has 116 valence electrons. The van der Waals surface area contributed by atoms with Gasteiger partial charge in [0.05, 0.1) is 30.5 Å². The van der Waals surface area contributed by atoms with Crippen molar-refractivity contribution in [1.29, 1.82) is 0 Å². The zero-order valence-corrected chi connectivity index (χ0v) is 13.8. The molecule has 19 heavy (non-hydrogen) atoms. The predicted molar refractivity (Wildman–Crippen MR) is 79.4 cm³/mol. The maximum absolute atomic E-state index is 6.10. The van der Waals surface area contributed by atoms with E-state index < -0.39 is 0 Å². The van der Waals surface area contributed by atoms with Gasteiger partial charge in [0.15, 0.2) is 0 Å². The van der Waals surface area contributed by atoms with E-state index in [1.807, 2.05) is 6.92 Å². The SMILES string of the molecule is COCCOC(C)(C)CC(C)OC(C)(C)CC(C)N. The van der Waals surface area contributed by atoms with Gasteiger partial charge in [-0.15, -0.1) is 0 Å². The lowest BCUT2D eigenvalue weighted by Crippen LogP contribution is -2.38. The van der Waals surface area contributed by atoms with Gasteiger partial charge in [0.2, 0.25) is 0 Å². The summed E-state index contributed by atoms with van der Waals surface area (Å²) in [6.45, 7) is 13.7. The van der Waals surface area contributed by atoms with E-state index in [9.17, 15) is 0 Å². The van der Waals surface area contributed by atoms with Gasteiger partial charge in [-0.05, 0) is 48.0 Å². The van der Waals surface area contributed by atoms with Crippen molar-refractivity contribution >= 4 is 0 Å². The molecule has 0 rings (SSSR count). The highest BCUT2D eigenvalue weighted by Gasteiger charge is 2.27. The topological polar surface area (TPSA) is 53.7 Å². The van der Waals surface area contributed by atoms with Crippen molar-refractivity contribution in [3.8, 4) is 0 Å². The van der Waals surface area contributed by atoms with Gasteiger partial charge in [0.1, 0.15) is 0 Å². The summed E-state index contributed by atoms with van der Waals surface area (Å²) >= 11 is 0. The van der Waals surface area contributed by atoms with Crippen LogP contribution in [0.4, 0.5) is 0 Å². The van der Waals surface area contributed by atoms with E-state index in [-0.39, 0.29) is 23.3 Å². The molecule has 0 spiro atoms. The first-order chi connectivity index (χ1) is 8.58. The van der Waals surface area contributed by atoms with Crippen LogP contribution in [0.2, 0.25) is 0 Å². The molecule has 0 aromatic carbocycles. The molecule has 0 aliphatic heterocycles. The average Bonchev–Trinajstić information content (AvgIpc) is 2.12. The fourth-order valence-corrected chi connectivity index (χ4v) is 2.56. The molecule has 0 aromatic rings. The Kier molecular flexibility index (Phi) is 8.13. The van der Waals surface area contributed by atoms with Crippen molar-refractivity contribution in [2.24, 2.45) is 5.73 Å². The molecule has 0 fully saturated rings. The van der Waals surface area contributed by atoms with Gasteiger partial charge in [-0.2, -0.15) is 0 Å². The summed E-state index contributed by atoms with van der Waals surface area (Å²) in [6.07, 6.45) is 1.83. The third-order valence-electron chi connectivity index (χ3n) is 2.89. The number of rotatable bonds is 10. The first-order valence-corrected chi connectivity index (χ1v) is 7.14. The van der Waals surface area contributed by atoms with Gasteiger partial charge < -0.3 is 19.9 Å². The summed E-state index contributed by atoms with van der Waals surface area (Å²) in [5.41, 5.74) is 5.44. The standard InChI is InChI=1S/C15H33NO3/c1-12(16)10-15(5,6)19-13(2)11-14(3,4)18-9-8-17-7/h12-13H,8-11,16H2,1-7H3. The first kappa shape index (κ1) is 18.8. The molecule has 2 atom stereocenters. The zero-order chi connectivity index (χ0) is 15.1. The van der Waals surface area contributed by atoms with E-state index in [2.05, 4.69) is 34.6 Å². The van der Waals surface area contributed by atoms with Crippen molar-refractivity contribution in [2.45, 2.75) is 77.7 Å². The Morgan fingerprint density at radius 3 is 2.00 bits per heavy atom. The second kappa shape index (κ2) is 8.20. The quantitative estimate of drug-likeness (QED) is 0.623. The first-order valence-electron chi connectivity index (χ1n) is 7.14. The van der Waals surface area contributed by atoms with Crippen molar-refractivity contribution in [1.82, 2.24) is 0 Å². The fourth-order valence-electron chi connectivity index (χ4n) is 2.56. The third kappa shape index (κ3) is 10.3. The summed E-state index contributed by atoms with van der Waals surface area (Å²) in [5, 5.41) is 0. The molecule has 2 N–H and O–H groups in total. The Balaban J connectivity index is 4.17. The molecule has 0 aliphatic carbocycles. The van der Waals surface area contributed by atoms with Gasteiger partial charge >= 0.3 is 0 Å². The second-order valence-electron chi connectivity index (χ2n) is 6.67. The molecule has 0 aromatic heterocycles. The third-order valence-corrected chi connectivity index (χ3v) is 2.89. The van der Waals surface area contributed by atoms with Crippen molar-refractivity contribution in [3.05, 3.63) is 0 Å². The Hall–Kier alpha value is -0.160. The van der Waals surface area contributed by atoms with Gasteiger partial charge in [-0.25, -0.2) is 0 Å². The lowest BCUT2D eigenvalue weighted by atomic mass is 9.97. The average molecular weight is 275 g/mol. The lowest BCUT2D eigenvalue weighted by molar-refractivity contribution is -0.115. The highest BCUT2D eigenvalue weighted by molar-refractivity contribution is 4.78. The minimum Gasteiger partial charge on any atom is -0.382 e. The van der Waals surface area contributed by atoms with Gasteiger partial charge in [-0.3, -0.25) is 0 Å². The van der Waals surface area contributed by atoms with E-state index in [1.54, 1.807) is 7.11 Å². The van der Waals surface area contributed by atoms with E-state index in [4.69, 9.17) is 19.9 Å². The Morgan fingerprint density at radius 1 is 0.947 bits per heavy atom. The lowest BCUT2D eigenvalue weighted by Gasteiger charge is -2.34. The number of ether oxygens (including phenoxy) is 3. The van der Waals surface area contributed by atoms with Crippen LogP contribution in [0, 0.1) is 0 Å². The summed E-state index contributed by atoms with van der Waals surface area (Å²) in [5.74, 6) is 0. The number of nitrogens with two attached hydrogens (primary N) is 1. The summed E-state index contributed by atoms with van der Waals surface area (Å²) in [6, 6.07) is 0.146. The minimum absolute atomic E-state index is 0.131. The van der Waals surface area contributed by atoms with Crippen LogP contribution < -0.4 is 5.73 Å². The number of hydrogen-bond acceptors (Lipinski definition) is 4. The molecular weight excluding hydrogens is 242 g/mol. The van der Waals surface area contributed by atoms with E-state index in [0.717, 1.165) is 12.8 Å². The molecule has 0 saturated heterocycles. The number of methoxy groups -OCH3 is 1. The highest BCUT2D eigenvalue weighted by Crippen LogP contribution is 2.24. The van der Waals surface area contributed by atoms with Crippen LogP contribution in [0.1, 0.15) is 54.4 Å². The number of hydrogen-bond donors (Lipinski definition) is 1. The Morgan fingerprint density at radius 2 is 1.53 bits per heavy atom. The second-order valence-corrected chi connectivity index (χ2v) is 6.67. The van der Waals surface area contributed by atoms with E-state index in [1.165, 1.54) is 0 Å². The maximum Gasteiger partial charge on any atom is 0.0707 e. The van der Waals surface area contributed by atoms with E-state index in [0.29, 0.717) is 13.2 Å². The molecule has 0 heterocycles. The summed E-state index contributed by atoms with van der Waals surface area (Å²) in [4.78, 5) is 0. The van der Waals surface area contributed by atoms with Crippen LogP contribution in [0.25, 0.3) is 0 Å². The maximum atomic E-state index is 6.10. The predicted octanol–water partition coefficient (Wildman–Crippen LogP) is 2.74. The molecule has 4 heteroatoms. The van der Waals surface area contributed by atoms with Crippen molar-refractivity contribution < 1.29 is 14.2 Å². The molecule has 2 unspecified atom stereocenters. The monoisotopic (exact) mass is 275 g/mol. The molecule has 4 nitrogen and oxygen atoms in total. The van der Waals surface area contributed by atoms with Crippen LogP contribution in [0.15, 0.2) is 0 Å². The van der Waals surface area contributed by atoms with Crippen LogP contribution in [0.3, 0.4) is 0 Å². The molecular formula is C15H33NO3. The van der Waals surface area contributed by atoms with E-state index >= 15 is 0 Å². The molecule has 0 radical (unpaired) electrons. The summed E-state index contributed by atoms with van der Waals surface area (Å²) in [7, 11) is 1.68. The fraction of sp³-hybridized carbons (Fsp3) is 1.00. The zero-order valence-electron chi connectivity index (χ0n) is 13.8. The van der Waals surface area contributed by atoms with Gasteiger partial charge in [-0.1, -0.05) is 0 Å². The molecule has 0 bridgehead atoms. The van der Waals surface area contributed by atoms with Crippen molar-refractivity contribution in [2.75, 3.05) is 20.3 Å². The Labute approximate surface area is 119 Å². The van der Waals surface area contributed by atoms with Crippen LogP contribution in [0.5, 0.6) is 0 Å². The highest BCUT2D eigenvalue weighted by atomic mass is 16.5. The summed E-state index contributed by atoms with van der Waals surface area (Å²) < 4.78 is 16.9. The minimum atomic E-state index is -0.206. The molecule has 0 aliphatic rings.